The molecule has 2 aromatic carbocycles. The number of nitrogens with one attached hydrogen (secondary N) is 2. The van der Waals surface area contributed by atoms with Gasteiger partial charge in [0.15, 0.2) is 0 Å². The molecule has 3 saturated heterocycles. The van der Waals surface area contributed by atoms with Gasteiger partial charge in [-0.3, -0.25) is 19.4 Å². The number of urea groups is 2. The lowest BCUT2D eigenvalue weighted by molar-refractivity contribution is -0.132. The van der Waals surface area contributed by atoms with E-state index in [0.717, 1.165) is 11.1 Å². The van der Waals surface area contributed by atoms with Gasteiger partial charge in [-0.25, -0.2) is 19.4 Å². The molecule has 5 rings (SSSR count). The highest BCUT2D eigenvalue weighted by molar-refractivity contribution is 6.09. The van der Waals surface area contributed by atoms with Crippen LogP contribution in [-0.2, 0) is 9.59 Å². The van der Waals surface area contributed by atoms with Gasteiger partial charge in [-0.1, -0.05) is 72.8 Å². The van der Waals surface area contributed by atoms with E-state index in [4.69, 9.17) is 0 Å². The molecule has 10 heteroatoms. The number of piperazine rings is 1. The molecule has 3 fully saturated rings. The molecule has 0 bridgehead atoms. The molecule has 3 aliphatic rings. The first kappa shape index (κ1) is 27.3. The van der Waals surface area contributed by atoms with Crippen LogP contribution in [0.4, 0.5) is 9.59 Å². The number of benzene rings is 2. The van der Waals surface area contributed by atoms with Crippen molar-refractivity contribution in [3.63, 3.8) is 0 Å². The van der Waals surface area contributed by atoms with Crippen molar-refractivity contribution in [2.24, 2.45) is 0 Å². The van der Waals surface area contributed by atoms with Gasteiger partial charge in [0.05, 0.1) is 13.3 Å². The summed E-state index contributed by atoms with van der Waals surface area (Å²) in [4.78, 5) is 58.2. The summed E-state index contributed by atoms with van der Waals surface area (Å²) >= 11 is 0. The minimum atomic E-state index is -1.11. The number of carbonyl (C=O) groups excluding carboxylic acids is 4. The monoisotopic (exact) mass is 542 g/mol. The van der Waals surface area contributed by atoms with E-state index in [9.17, 15) is 19.2 Å². The summed E-state index contributed by atoms with van der Waals surface area (Å²) in [5.74, 6) is -0.594. The van der Waals surface area contributed by atoms with Crippen molar-refractivity contribution in [3.05, 3.63) is 83.9 Å². The zero-order valence-corrected chi connectivity index (χ0v) is 22.7. The molecule has 0 spiro atoms. The Bertz CT molecular complexity index is 1230. The lowest BCUT2D eigenvalue weighted by Gasteiger charge is -2.37. The minimum Gasteiger partial charge on any atom is -0.320 e. The second-order valence-electron chi connectivity index (χ2n) is 10.7. The van der Waals surface area contributed by atoms with Crippen LogP contribution in [0.25, 0.3) is 12.2 Å². The molecule has 2 aromatic rings. The molecule has 3 aliphatic heterocycles. The van der Waals surface area contributed by atoms with Gasteiger partial charge in [0.25, 0.3) is 11.8 Å². The average molecular weight is 543 g/mol. The first-order chi connectivity index (χ1) is 19.2. The Morgan fingerprint density at radius 1 is 0.625 bits per heavy atom. The number of hydrogen-bond donors (Lipinski definition) is 2. The Morgan fingerprint density at radius 3 is 1.32 bits per heavy atom. The van der Waals surface area contributed by atoms with Gasteiger partial charge in [-0.05, 0) is 37.1 Å². The van der Waals surface area contributed by atoms with E-state index >= 15 is 0 Å². The minimum absolute atomic E-state index is 0.179. The van der Waals surface area contributed by atoms with E-state index in [1.165, 1.54) is 9.80 Å². The average Bonchev–Trinajstić information content (AvgIpc) is 3.31. The van der Waals surface area contributed by atoms with Gasteiger partial charge in [-0.15, -0.1) is 0 Å². The molecular formula is C30H34N6O4. The Kier molecular flexibility index (Phi) is 7.55. The third kappa shape index (κ3) is 5.68. The quantitative estimate of drug-likeness (QED) is 0.497. The Hall–Kier alpha value is -4.28. The summed E-state index contributed by atoms with van der Waals surface area (Å²) in [7, 11) is 0. The number of carbonyl (C=O) groups is 4. The number of nitrogens with zero attached hydrogens (tertiary/aromatic N) is 4. The van der Waals surface area contributed by atoms with Crippen molar-refractivity contribution in [1.29, 1.82) is 0 Å². The first-order valence-corrected chi connectivity index (χ1v) is 13.4. The van der Waals surface area contributed by atoms with E-state index in [1.54, 1.807) is 26.0 Å². The molecule has 2 unspecified atom stereocenters. The first-order valence-electron chi connectivity index (χ1n) is 13.4. The zero-order chi connectivity index (χ0) is 28.3. The maximum Gasteiger partial charge on any atom is 0.326 e. The Labute approximate surface area is 233 Å². The zero-order valence-electron chi connectivity index (χ0n) is 22.7. The summed E-state index contributed by atoms with van der Waals surface area (Å²) in [5, 5.41) is 5.61. The smallest absolute Gasteiger partial charge is 0.320 e. The lowest BCUT2D eigenvalue weighted by atomic mass is 10.0. The third-order valence-electron chi connectivity index (χ3n) is 7.57. The maximum absolute atomic E-state index is 13.2. The molecule has 10 nitrogen and oxygen atoms in total. The second-order valence-corrected chi connectivity index (χ2v) is 10.7. The van der Waals surface area contributed by atoms with E-state index in [1.807, 2.05) is 82.6 Å². The lowest BCUT2D eigenvalue weighted by Crippen LogP contribution is -2.54. The van der Waals surface area contributed by atoms with Crippen molar-refractivity contribution < 1.29 is 19.2 Å². The normalized spacial score (nSPS) is 26.4. The van der Waals surface area contributed by atoms with Gasteiger partial charge in [0.1, 0.15) is 11.1 Å². The maximum atomic E-state index is 13.2. The molecular weight excluding hydrogens is 508 g/mol. The molecule has 208 valence electrons. The fourth-order valence-electron chi connectivity index (χ4n) is 5.04. The Balaban J connectivity index is 1.13. The van der Waals surface area contributed by atoms with Crippen molar-refractivity contribution in [3.8, 4) is 0 Å². The van der Waals surface area contributed by atoms with Gasteiger partial charge < -0.3 is 10.6 Å². The van der Waals surface area contributed by atoms with E-state index < -0.39 is 23.1 Å². The summed E-state index contributed by atoms with van der Waals surface area (Å²) in [6.45, 7) is 6.10. The standard InChI is InChI=1S/C30H34N6O4/c1-29(15-13-23-9-5-3-6-10-23)25(37)35(27(39)31-29)21-33-17-19-34(20-18-33)22-36-26(38)30(2,32-28(36)40)16-14-24-11-7-4-8-12-24/h3-16H,17-22H2,1-2H3,(H,31,39)(H,32,40)/b15-13+,16-14+. The van der Waals surface area contributed by atoms with Crippen LogP contribution >= 0.6 is 0 Å². The van der Waals surface area contributed by atoms with Gasteiger partial charge in [-0.2, -0.15) is 0 Å². The van der Waals surface area contributed by atoms with Crippen molar-refractivity contribution in [2.75, 3.05) is 39.5 Å². The van der Waals surface area contributed by atoms with Gasteiger partial charge in [0, 0.05) is 26.2 Å². The van der Waals surface area contributed by atoms with E-state index in [0.29, 0.717) is 26.2 Å². The fraction of sp³-hybridized carbons (Fsp3) is 0.333. The third-order valence-corrected chi connectivity index (χ3v) is 7.57. The van der Waals surface area contributed by atoms with Crippen LogP contribution in [0.2, 0.25) is 0 Å². The van der Waals surface area contributed by atoms with Crippen LogP contribution in [0.5, 0.6) is 0 Å². The van der Waals surface area contributed by atoms with Crippen LogP contribution in [0, 0.1) is 0 Å². The largest absolute Gasteiger partial charge is 0.326 e. The molecule has 40 heavy (non-hydrogen) atoms. The number of imide groups is 2. The van der Waals surface area contributed by atoms with Gasteiger partial charge in [0.2, 0.25) is 0 Å². The van der Waals surface area contributed by atoms with Crippen molar-refractivity contribution in [2.45, 2.75) is 24.9 Å². The van der Waals surface area contributed by atoms with Gasteiger partial charge >= 0.3 is 12.1 Å². The predicted octanol–water partition coefficient (Wildman–Crippen LogP) is 2.57. The predicted molar refractivity (Wildman–Crippen MR) is 151 cm³/mol. The van der Waals surface area contributed by atoms with Crippen LogP contribution in [0.3, 0.4) is 0 Å². The highest BCUT2D eigenvalue weighted by atomic mass is 16.2. The number of amides is 6. The van der Waals surface area contributed by atoms with Crippen LogP contribution in [0.1, 0.15) is 25.0 Å². The van der Waals surface area contributed by atoms with E-state index in [2.05, 4.69) is 10.6 Å². The summed E-state index contributed by atoms with van der Waals surface area (Å²) in [5.41, 5.74) is -0.337. The highest BCUT2D eigenvalue weighted by Gasteiger charge is 2.48. The topological polar surface area (TPSA) is 105 Å². The molecule has 0 saturated carbocycles. The van der Waals surface area contributed by atoms with Crippen molar-refractivity contribution >= 4 is 36.0 Å². The Morgan fingerprint density at radius 2 is 0.975 bits per heavy atom. The summed E-state index contributed by atoms with van der Waals surface area (Å²) < 4.78 is 0. The molecule has 2 N–H and O–H groups in total. The van der Waals surface area contributed by atoms with Crippen LogP contribution in [0.15, 0.2) is 72.8 Å². The molecule has 0 radical (unpaired) electrons. The summed E-state index contributed by atoms with van der Waals surface area (Å²) in [6.07, 6.45) is 7.11. The summed E-state index contributed by atoms with van der Waals surface area (Å²) in [6, 6.07) is 18.4. The number of rotatable bonds is 8. The van der Waals surface area contributed by atoms with Crippen LogP contribution < -0.4 is 10.6 Å². The highest BCUT2D eigenvalue weighted by Crippen LogP contribution is 2.23. The fourth-order valence-corrected chi connectivity index (χ4v) is 5.04. The SMILES string of the molecule is CC1(/C=C/c2ccccc2)NC(=O)N(CN2CCN(CN3C(=O)NC(C)(/C=C/c4ccccc4)C3=O)CC2)C1=O. The molecule has 0 aliphatic carbocycles. The number of hydrogen-bond acceptors (Lipinski definition) is 6. The molecule has 6 amide bonds. The molecule has 3 heterocycles. The van der Waals surface area contributed by atoms with Crippen molar-refractivity contribution in [1.82, 2.24) is 30.2 Å². The second kappa shape index (κ2) is 11.1. The molecule has 0 aromatic heterocycles. The molecule has 2 atom stereocenters. The van der Waals surface area contributed by atoms with Crippen LogP contribution in [-0.4, -0.2) is 94.1 Å². The van der Waals surface area contributed by atoms with E-state index in [-0.39, 0.29) is 25.2 Å².